The smallest absolute Gasteiger partial charge is 0.353 e. The third kappa shape index (κ3) is 1.26. The minimum absolute atomic E-state index is 0.0918. The summed E-state index contributed by atoms with van der Waals surface area (Å²) in [4.78, 5) is 21.8. The molecular formula is C7H10FNO3. The SMILES string of the molecule is COC(=O)[C@@]1(F)CCCNC1=O. The molecule has 68 valence electrons. The molecule has 1 aliphatic heterocycles. The van der Waals surface area contributed by atoms with E-state index in [2.05, 4.69) is 10.1 Å². The van der Waals surface area contributed by atoms with E-state index in [4.69, 9.17) is 0 Å². The Morgan fingerprint density at radius 3 is 2.92 bits per heavy atom. The summed E-state index contributed by atoms with van der Waals surface area (Å²) in [6, 6.07) is 0. The van der Waals surface area contributed by atoms with Gasteiger partial charge in [-0.2, -0.15) is 0 Å². The number of nitrogens with one attached hydrogen (secondary N) is 1. The molecule has 4 nitrogen and oxygen atoms in total. The number of carbonyl (C=O) groups is 2. The standard InChI is InChI=1S/C7H10FNO3/c1-12-6(11)7(8)3-2-4-9-5(7)10/h2-4H2,1H3,(H,9,10)/t7-/m1/s1. The van der Waals surface area contributed by atoms with Crippen LogP contribution in [0, 0.1) is 0 Å². The first kappa shape index (κ1) is 8.96. The molecule has 1 heterocycles. The number of carbonyl (C=O) groups excluding carboxylic acids is 2. The topological polar surface area (TPSA) is 55.4 Å². The highest BCUT2D eigenvalue weighted by molar-refractivity contribution is 6.06. The summed E-state index contributed by atoms with van der Waals surface area (Å²) in [7, 11) is 1.06. The van der Waals surface area contributed by atoms with E-state index < -0.39 is 17.5 Å². The number of esters is 1. The lowest BCUT2D eigenvalue weighted by atomic mass is 9.95. The van der Waals surface area contributed by atoms with Gasteiger partial charge in [0.05, 0.1) is 7.11 Å². The number of amides is 1. The van der Waals surface area contributed by atoms with Crippen molar-refractivity contribution in [2.45, 2.75) is 18.5 Å². The highest BCUT2D eigenvalue weighted by Gasteiger charge is 2.49. The molecule has 0 saturated carbocycles. The second kappa shape index (κ2) is 3.08. The summed E-state index contributed by atoms with van der Waals surface area (Å²) < 4.78 is 17.7. The average molecular weight is 175 g/mol. The Balaban J connectivity index is 2.79. The van der Waals surface area contributed by atoms with Crippen molar-refractivity contribution in [2.24, 2.45) is 0 Å². The summed E-state index contributed by atoms with van der Waals surface area (Å²) in [5.41, 5.74) is -2.47. The van der Waals surface area contributed by atoms with Gasteiger partial charge in [0.1, 0.15) is 0 Å². The van der Waals surface area contributed by atoms with Crippen molar-refractivity contribution in [3.05, 3.63) is 0 Å². The second-order valence-corrected chi connectivity index (χ2v) is 2.65. The molecule has 0 radical (unpaired) electrons. The van der Waals surface area contributed by atoms with E-state index in [1.807, 2.05) is 0 Å². The Labute approximate surface area is 69.1 Å². The van der Waals surface area contributed by atoms with Crippen molar-refractivity contribution in [1.29, 1.82) is 0 Å². The molecule has 1 amide bonds. The Kier molecular flexibility index (Phi) is 2.30. The molecule has 1 atom stereocenters. The summed E-state index contributed by atoms with van der Waals surface area (Å²) in [6.07, 6.45) is 0.364. The second-order valence-electron chi connectivity index (χ2n) is 2.65. The highest BCUT2D eigenvalue weighted by atomic mass is 19.1. The van der Waals surface area contributed by atoms with Crippen LogP contribution < -0.4 is 5.32 Å². The third-order valence-corrected chi connectivity index (χ3v) is 1.85. The molecule has 0 aromatic rings. The maximum absolute atomic E-state index is 13.5. The first-order valence-corrected chi connectivity index (χ1v) is 3.67. The number of piperidine rings is 1. The summed E-state index contributed by atoms with van der Waals surface area (Å²) in [6.45, 7) is 0.418. The van der Waals surface area contributed by atoms with Gasteiger partial charge >= 0.3 is 5.97 Å². The monoisotopic (exact) mass is 175 g/mol. The molecule has 0 spiro atoms. The average Bonchev–Trinajstić information content (AvgIpc) is 2.09. The molecule has 12 heavy (non-hydrogen) atoms. The third-order valence-electron chi connectivity index (χ3n) is 1.85. The van der Waals surface area contributed by atoms with Crippen LogP contribution in [0.25, 0.3) is 0 Å². The zero-order valence-corrected chi connectivity index (χ0v) is 6.72. The van der Waals surface area contributed by atoms with Crippen LogP contribution in [0.3, 0.4) is 0 Å². The van der Waals surface area contributed by atoms with Gasteiger partial charge in [0, 0.05) is 13.0 Å². The molecule has 0 unspecified atom stereocenters. The molecule has 0 aliphatic carbocycles. The fourth-order valence-electron chi connectivity index (χ4n) is 1.14. The minimum Gasteiger partial charge on any atom is -0.466 e. The number of rotatable bonds is 1. The van der Waals surface area contributed by atoms with Crippen LogP contribution >= 0.6 is 0 Å². The van der Waals surface area contributed by atoms with Gasteiger partial charge in [0.15, 0.2) is 0 Å². The number of alkyl halides is 1. The van der Waals surface area contributed by atoms with Gasteiger partial charge < -0.3 is 10.1 Å². The van der Waals surface area contributed by atoms with Crippen molar-refractivity contribution >= 4 is 11.9 Å². The molecule has 5 heteroatoms. The zero-order valence-electron chi connectivity index (χ0n) is 6.72. The number of halogens is 1. The lowest BCUT2D eigenvalue weighted by molar-refractivity contribution is -0.163. The van der Waals surface area contributed by atoms with Gasteiger partial charge in [-0.15, -0.1) is 0 Å². The highest BCUT2D eigenvalue weighted by Crippen LogP contribution is 2.23. The van der Waals surface area contributed by atoms with E-state index in [1.165, 1.54) is 0 Å². The van der Waals surface area contributed by atoms with E-state index in [1.54, 1.807) is 0 Å². The number of hydrogen-bond donors (Lipinski definition) is 1. The van der Waals surface area contributed by atoms with Crippen LogP contribution in [-0.2, 0) is 14.3 Å². The first-order valence-electron chi connectivity index (χ1n) is 3.67. The van der Waals surface area contributed by atoms with Crippen molar-refractivity contribution in [2.75, 3.05) is 13.7 Å². The van der Waals surface area contributed by atoms with Crippen LogP contribution in [0.2, 0.25) is 0 Å². The molecule has 1 rings (SSSR count). The van der Waals surface area contributed by atoms with Crippen LogP contribution in [0.15, 0.2) is 0 Å². The predicted molar refractivity (Wildman–Crippen MR) is 38.1 cm³/mol. The summed E-state index contributed by atoms with van der Waals surface area (Å²) in [5.74, 6) is -2.00. The summed E-state index contributed by atoms with van der Waals surface area (Å²) >= 11 is 0. The molecule has 1 aliphatic rings. The van der Waals surface area contributed by atoms with Crippen LogP contribution in [0.4, 0.5) is 4.39 Å². The van der Waals surface area contributed by atoms with Gasteiger partial charge in [0.2, 0.25) is 0 Å². The van der Waals surface area contributed by atoms with Gasteiger partial charge in [-0.3, -0.25) is 4.79 Å². The van der Waals surface area contributed by atoms with Gasteiger partial charge in [-0.25, -0.2) is 9.18 Å². The van der Waals surface area contributed by atoms with E-state index in [0.29, 0.717) is 13.0 Å². The quantitative estimate of drug-likeness (QED) is 0.442. The number of methoxy groups -OCH3 is 1. The van der Waals surface area contributed by atoms with Gasteiger partial charge in [0.25, 0.3) is 11.6 Å². The largest absolute Gasteiger partial charge is 0.466 e. The Morgan fingerprint density at radius 1 is 1.75 bits per heavy atom. The fourth-order valence-corrected chi connectivity index (χ4v) is 1.14. The maximum Gasteiger partial charge on any atom is 0.353 e. The van der Waals surface area contributed by atoms with Crippen LogP contribution in [-0.4, -0.2) is 31.2 Å². The molecule has 1 N–H and O–H groups in total. The molecule has 0 bridgehead atoms. The van der Waals surface area contributed by atoms with E-state index in [9.17, 15) is 14.0 Å². The molecule has 1 fully saturated rings. The summed E-state index contributed by atoms with van der Waals surface area (Å²) in [5, 5.41) is 2.27. The molecule has 1 saturated heterocycles. The number of hydrogen-bond acceptors (Lipinski definition) is 3. The zero-order chi connectivity index (χ0) is 9.19. The molecule has 0 aromatic heterocycles. The fraction of sp³-hybridized carbons (Fsp3) is 0.714. The minimum atomic E-state index is -2.47. The van der Waals surface area contributed by atoms with Crippen molar-refractivity contribution in [1.82, 2.24) is 5.32 Å². The van der Waals surface area contributed by atoms with Crippen molar-refractivity contribution in [3.8, 4) is 0 Å². The van der Waals surface area contributed by atoms with E-state index >= 15 is 0 Å². The van der Waals surface area contributed by atoms with Crippen molar-refractivity contribution in [3.63, 3.8) is 0 Å². The molecular weight excluding hydrogens is 165 g/mol. The Bertz CT molecular complexity index is 209. The molecule has 0 aromatic carbocycles. The number of ether oxygens (including phenoxy) is 1. The Morgan fingerprint density at radius 2 is 2.42 bits per heavy atom. The lowest BCUT2D eigenvalue weighted by Crippen LogP contribution is -2.53. The normalized spacial score (nSPS) is 29.3. The predicted octanol–water partition coefficient (Wildman–Crippen LogP) is -0.222. The maximum atomic E-state index is 13.5. The van der Waals surface area contributed by atoms with E-state index in [0.717, 1.165) is 7.11 Å². The van der Waals surface area contributed by atoms with Gasteiger partial charge in [-0.05, 0) is 6.42 Å². The van der Waals surface area contributed by atoms with Gasteiger partial charge in [-0.1, -0.05) is 0 Å². The Hall–Kier alpha value is -1.13. The van der Waals surface area contributed by atoms with E-state index in [-0.39, 0.29) is 6.42 Å². The van der Waals surface area contributed by atoms with Crippen LogP contribution in [0.5, 0.6) is 0 Å². The van der Waals surface area contributed by atoms with Crippen LogP contribution in [0.1, 0.15) is 12.8 Å². The van der Waals surface area contributed by atoms with Crippen molar-refractivity contribution < 1.29 is 18.7 Å². The lowest BCUT2D eigenvalue weighted by Gasteiger charge is -2.25. The first-order chi connectivity index (χ1) is 5.61.